The van der Waals surface area contributed by atoms with Gasteiger partial charge in [-0.1, -0.05) is 158 Å². The summed E-state index contributed by atoms with van der Waals surface area (Å²) in [7, 11) is 0. The van der Waals surface area contributed by atoms with Crippen molar-refractivity contribution in [3.63, 3.8) is 0 Å². The van der Waals surface area contributed by atoms with Crippen molar-refractivity contribution >= 4 is 75.4 Å². The second-order valence-corrected chi connectivity index (χ2v) is 15.3. The summed E-state index contributed by atoms with van der Waals surface area (Å²) in [4.78, 5) is 15.0. The van der Waals surface area contributed by atoms with E-state index in [-0.39, 0.29) is 0 Å². The van der Waals surface area contributed by atoms with Gasteiger partial charge in [-0.3, -0.25) is 0 Å². The second-order valence-electron chi connectivity index (χ2n) is 14.2. The fourth-order valence-corrected chi connectivity index (χ4v) is 9.51. The van der Waals surface area contributed by atoms with Crippen LogP contribution in [-0.2, 0) is 0 Å². The molecule has 8 aromatic carbocycles. The van der Waals surface area contributed by atoms with Gasteiger partial charge in [-0.2, -0.15) is 0 Å². The lowest BCUT2D eigenvalue weighted by molar-refractivity contribution is 0.666. The molecule has 0 bridgehead atoms. The number of hydrogen-bond acceptors (Lipinski definition) is 6. The Hall–Kier alpha value is -7.41. The molecule has 5 nitrogen and oxygen atoms in total. The Morgan fingerprint density at radius 2 is 0.684 bits per heavy atom. The first kappa shape index (κ1) is 31.9. The topological polar surface area (TPSA) is 65.0 Å². The lowest BCUT2D eigenvalue weighted by atomic mass is 9.97. The molecular weight excluding hydrogens is 719 g/mol. The smallest absolute Gasteiger partial charge is 0.167 e. The summed E-state index contributed by atoms with van der Waals surface area (Å²) in [5.41, 5.74) is 10.0. The van der Waals surface area contributed by atoms with Crippen molar-refractivity contribution in [2.24, 2.45) is 0 Å². The van der Waals surface area contributed by atoms with Crippen LogP contribution in [0.25, 0.3) is 120 Å². The summed E-state index contributed by atoms with van der Waals surface area (Å²) < 4.78 is 16.5. The fraction of sp³-hybridized carbons (Fsp3) is 0. The van der Waals surface area contributed by atoms with E-state index in [0.717, 1.165) is 77.3 Å². The van der Waals surface area contributed by atoms with Gasteiger partial charge >= 0.3 is 0 Å². The molecule has 0 amide bonds. The highest BCUT2D eigenvalue weighted by Gasteiger charge is 2.22. The number of fused-ring (bicyclic) bond motifs is 9. The quantitative estimate of drug-likeness (QED) is 0.175. The van der Waals surface area contributed by atoms with E-state index in [9.17, 15) is 0 Å². The van der Waals surface area contributed by atoms with Crippen LogP contribution in [0.15, 0.2) is 185 Å². The first-order chi connectivity index (χ1) is 28.3. The Morgan fingerprint density at radius 3 is 1.25 bits per heavy atom. The van der Waals surface area contributed by atoms with Crippen molar-refractivity contribution in [2.45, 2.75) is 0 Å². The van der Waals surface area contributed by atoms with E-state index >= 15 is 0 Å². The largest absolute Gasteiger partial charge is 0.455 e. The Kier molecular flexibility index (Phi) is 7.03. The minimum Gasteiger partial charge on any atom is -0.455 e. The van der Waals surface area contributed by atoms with Gasteiger partial charge < -0.3 is 8.83 Å². The van der Waals surface area contributed by atoms with Crippen molar-refractivity contribution in [2.75, 3.05) is 0 Å². The molecule has 0 N–H and O–H groups in total. The van der Waals surface area contributed by atoms with Crippen molar-refractivity contribution in [3.8, 4) is 56.4 Å². The maximum atomic E-state index is 7.02. The molecule has 12 rings (SSSR count). The molecule has 0 aliphatic carbocycles. The van der Waals surface area contributed by atoms with Gasteiger partial charge in [-0.25, -0.2) is 15.0 Å². The fourth-order valence-electron chi connectivity index (χ4n) is 8.38. The average Bonchev–Trinajstić information content (AvgIpc) is 3.98. The Balaban J connectivity index is 1.06. The third-order valence-corrected chi connectivity index (χ3v) is 12.1. The van der Waals surface area contributed by atoms with Crippen molar-refractivity contribution in [1.82, 2.24) is 15.0 Å². The van der Waals surface area contributed by atoms with Crippen LogP contribution >= 0.6 is 11.3 Å². The molecule has 0 atom stereocenters. The van der Waals surface area contributed by atoms with Gasteiger partial charge in [-0.15, -0.1) is 11.3 Å². The van der Waals surface area contributed by atoms with Gasteiger partial charge in [0.25, 0.3) is 0 Å². The molecule has 0 aliphatic rings. The SMILES string of the molecule is c1ccc(-c2nc(-c3ccccc3)nc(-c3cccc4c3oc3c(-c5cccc6c5oc5c(-c7cccc8sc9ccccc9c78)cccc56)cccc34)n2)cc1. The molecule has 12 aromatic rings. The van der Waals surface area contributed by atoms with E-state index in [4.69, 9.17) is 23.8 Å². The summed E-state index contributed by atoms with van der Waals surface area (Å²) in [6.07, 6.45) is 0. The number of para-hydroxylation sites is 4. The molecule has 0 fully saturated rings. The zero-order valence-electron chi connectivity index (χ0n) is 30.3. The third kappa shape index (κ3) is 4.98. The number of aromatic nitrogens is 3. The van der Waals surface area contributed by atoms with Gasteiger partial charge in [0.1, 0.15) is 22.3 Å². The molecule has 0 spiro atoms. The molecule has 0 radical (unpaired) electrons. The summed E-state index contributed by atoms with van der Waals surface area (Å²) in [5, 5.41) is 6.67. The monoisotopic (exact) mass is 747 g/mol. The normalized spacial score (nSPS) is 11.9. The van der Waals surface area contributed by atoms with E-state index in [0.29, 0.717) is 17.5 Å². The Morgan fingerprint density at radius 1 is 0.298 bits per heavy atom. The summed E-state index contributed by atoms with van der Waals surface area (Å²) in [5.74, 6) is 1.76. The van der Waals surface area contributed by atoms with E-state index in [1.807, 2.05) is 84.1 Å². The molecule has 266 valence electrons. The summed E-state index contributed by atoms with van der Waals surface area (Å²) in [6.45, 7) is 0. The highest BCUT2D eigenvalue weighted by atomic mass is 32.1. The Bertz CT molecular complexity index is 3470. The number of furan rings is 2. The van der Waals surface area contributed by atoms with Crippen LogP contribution in [0.5, 0.6) is 0 Å². The van der Waals surface area contributed by atoms with Crippen molar-refractivity contribution in [1.29, 1.82) is 0 Å². The molecule has 0 saturated heterocycles. The molecule has 0 saturated carbocycles. The van der Waals surface area contributed by atoms with Crippen LogP contribution in [0, 0.1) is 0 Å². The molecule has 57 heavy (non-hydrogen) atoms. The zero-order chi connectivity index (χ0) is 37.5. The zero-order valence-corrected chi connectivity index (χ0v) is 31.1. The van der Waals surface area contributed by atoms with Crippen LogP contribution in [-0.4, -0.2) is 15.0 Å². The highest BCUT2D eigenvalue weighted by Crippen LogP contribution is 2.46. The van der Waals surface area contributed by atoms with Gasteiger partial charge in [0.15, 0.2) is 17.5 Å². The first-order valence-corrected chi connectivity index (χ1v) is 19.8. The highest BCUT2D eigenvalue weighted by molar-refractivity contribution is 7.25. The van der Waals surface area contributed by atoms with E-state index in [1.54, 1.807) is 0 Å². The summed E-state index contributed by atoms with van der Waals surface area (Å²) >= 11 is 1.83. The lowest BCUT2D eigenvalue weighted by Crippen LogP contribution is -2.00. The van der Waals surface area contributed by atoms with Crippen LogP contribution < -0.4 is 0 Å². The maximum Gasteiger partial charge on any atom is 0.167 e. The van der Waals surface area contributed by atoms with E-state index < -0.39 is 0 Å². The second kappa shape index (κ2) is 12.6. The number of hydrogen-bond donors (Lipinski definition) is 0. The minimum absolute atomic E-state index is 0.550. The summed E-state index contributed by atoms with van der Waals surface area (Å²) in [6, 6.07) is 60.7. The molecule has 0 unspecified atom stereocenters. The van der Waals surface area contributed by atoms with Gasteiger partial charge in [-0.05, 0) is 23.8 Å². The molecular formula is C51H29N3O2S. The molecule has 4 aromatic heterocycles. The van der Waals surface area contributed by atoms with Crippen molar-refractivity contribution < 1.29 is 8.83 Å². The van der Waals surface area contributed by atoms with Gasteiger partial charge in [0, 0.05) is 69.5 Å². The van der Waals surface area contributed by atoms with Crippen molar-refractivity contribution in [3.05, 3.63) is 176 Å². The first-order valence-electron chi connectivity index (χ1n) is 18.9. The number of nitrogens with zero attached hydrogens (tertiary/aromatic N) is 3. The third-order valence-electron chi connectivity index (χ3n) is 11.0. The number of rotatable bonds is 5. The number of benzene rings is 8. The predicted molar refractivity (Wildman–Crippen MR) is 234 cm³/mol. The van der Waals surface area contributed by atoms with Gasteiger partial charge in [0.2, 0.25) is 0 Å². The van der Waals surface area contributed by atoms with E-state index in [1.165, 1.54) is 25.7 Å². The number of thiophene rings is 1. The molecule has 4 heterocycles. The lowest BCUT2D eigenvalue weighted by Gasteiger charge is -2.08. The molecule has 6 heteroatoms. The maximum absolute atomic E-state index is 7.02. The minimum atomic E-state index is 0.550. The van der Waals surface area contributed by atoms with Gasteiger partial charge in [0.05, 0.1) is 5.56 Å². The van der Waals surface area contributed by atoms with Crippen LogP contribution in [0.4, 0.5) is 0 Å². The van der Waals surface area contributed by atoms with E-state index in [2.05, 4.69) is 103 Å². The Labute approximate surface area is 330 Å². The van der Waals surface area contributed by atoms with Crippen LogP contribution in [0.3, 0.4) is 0 Å². The molecule has 0 aliphatic heterocycles. The standard InChI is InChI=1S/C51H29N3O2S/c1-3-14-30(15-4-1)49-52-50(31-16-5-2-6-17-31)54-51(53-49)41-27-12-26-39-38-25-11-24-37(47(38)56-48(39)41)36-23-10-22-35-34-21-9-20-33(45(34)55-46(35)36)32-19-13-29-43-44(32)40-18-7-8-28-42(40)57-43/h1-29H. The van der Waals surface area contributed by atoms with Crippen LogP contribution in [0.2, 0.25) is 0 Å². The van der Waals surface area contributed by atoms with Crippen LogP contribution in [0.1, 0.15) is 0 Å². The average molecular weight is 748 g/mol. The predicted octanol–water partition coefficient (Wildman–Crippen LogP) is 14.4.